The zero-order valence-electron chi connectivity index (χ0n) is 12.7. The van der Waals surface area contributed by atoms with Gasteiger partial charge in [-0.1, -0.05) is 66.7 Å². The summed E-state index contributed by atoms with van der Waals surface area (Å²) in [5, 5.41) is 0. The lowest BCUT2D eigenvalue weighted by atomic mass is 9.96. The second kappa shape index (κ2) is 6.86. The number of hydrogen-bond donors (Lipinski definition) is 0. The van der Waals surface area contributed by atoms with Gasteiger partial charge < -0.3 is 0 Å². The Kier molecular flexibility index (Phi) is 4.45. The van der Waals surface area contributed by atoms with Gasteiger partial charge in [0, 0.05) is 11.8 Å². The van der Waals surface area contributed by atoms with E-state index >= 15 is 0 Å². The van der Waals surface area contributed by atoms with Crippen LogP contribution in [0.1, 0.15) is 16.7 Å². The van der Waals surface area contributed by atoms with Crippen LogP contribution in [0.5, 0.6) is 0 Å². The topological polar surface area (TPSA) is 12.9 Å². The quantitative estimate of drug-likeness (QED) is 0.632. The fraction of sp³-hybridized carbons (Fsp3) is 0.0952. The molecule has 3 rings (SSSR count). The van der Waals surface area contributed by atoms with Crippen molar-refractivity contribution in [1.82, 2.24) is 4.98 Å². The molecule has 0 atom stereocenters. The minimum atomic E-state index is 0.905. The van der Waals surface area contributed by atoms with Gasteiger partial charge in [0.05, 0.1) is 5.69 Å². The monoisotopic (exact) mass is 285 g/mol. The Labute approximate surface area is 132 Å². The summed E-state index contributed by atoms with van der Waals surface area (Å²) < 4.78 is 0. The summed E-state index contributed by atoms with van der Waals surface area (Å²) in [6, 6.07) is 22.9. The molecule has 108 valence electrons. The number of aryl methyl sites for hydroxylation is 1. The van der Waals surface area contributed by atoms with Gasteiger partial charge in [-0.3, -0.25) is 4.98 Å². The zero-order valence-corrected chi connectivity index (χ0v) is 12.7. The maximum atomic E-state index is 4.51. The fourth-order valence-corrected chi connectivity index (χ4v) is 2.66. The van der Waals surface area contributed by atoms with Gasteiger partial charge in [-0.15, -0.1) is 0 Å². The van der Waals surface area contributed by atoms with E-state index in [0.29, 0.717) is 0 Å². The van der Waals surface area contributed by atoms with Crippen LogP contribution in [0, 0.1) is 6.92 Å². The van der Waals surface area contributed by atoms with Crippen LogP contribution in [0.15, 0.2) is 79.0 Å². The molecule has 0 spiro atoms. The highest BCUT2D eigenvalue weighted by molar-refractivity contribution is 5.68. The van der Waals surface area contributed by atoms with Crippen molar-refractivity contribution >= 4 is 6.08 Å². The Balaban J connectivity index is 1.89. The summed E-state index contributed by atoms with van der Waals surface area (Å²) in [7, 11) is 0. The summed E-state index contributed by atoms with van der Waals surface area (Å²) in [5.74, 6) is 0. The molecule has 0 saturated carbocycles. The molecular weight excluding hydrogens is 266 g/mol. The lowest BCUT2D eigenvalue weighted by molar-refractivity contribution is 1.22. The molecule has 0 aliphatic heterocycles. The van der Waals surface area contributed by atoms with Crippen LogP contribution in [0.3, 0.4) is 0 Å². The summed E-state index contributed by atoms with van der Waals surface area (Å²) in [6.07, 6.45) is 7.15. The average Bonchev–Trinajstić information content (AvgIpc) is 2.57. The molecule has 1 heterocycles. The van der Waals surface area contributed by atoms with Gasteiger partial charge in [-0.05, 0) is 42.2 Å². The number of pyridine rings is 1. The molecule has 0 aliphatic rings. The molecule has 0 aliphatic carbocycles. The van der Waals surface area contributed by atoms with Crippen molar-refractivity contribution in [2.24, 2.45) is 0 Å². The molecule has 1 heteroatoms. The predicted octanol–water partition coefficient (Wildman–Crippen LogP) is 5.31. The summed E-state index contributed by atoms with van der Waals surface area (Å²) >= 11 is 0. The molecule has 0 bridgehead atoms. The van der Waals surface area contributed by atoms with E-state index in [1.54, 1.807) is 0 Å². The molecule has 0 radical (unpaired) electrons. The minimum Gasteiger partial charge on any atom is -0.256 e. The minimum absolute atomic E-state index is 0.905. The second-order valence-electron chi connectivity index (χ2n) is 5.34. The van der Waals surface area contributed by atoms with Crippen molar-refractivity contribution in [3.8, 4) is 11.3 Å². The maximum absolute atomic E-state index is 4.51. The summed E-state index contributed by atoms with van der Waals surface area (Å²) in [4.78, 5) is 4.51. The Bertz CT molecular complexity index is 758. The van der Waals surface area contributed by atoms with Gasteiger partial charge in [0.15, 0.2) is 0 Å². The lowest BCUT2D eigenvalue weighted by Gasteiger charge is -2.10. The third-order valence-corrected chi connectivity index (χ3v) is 3.73. The lowest BCUT2D eigenvalue weighted by Crippen LogP contribution is -1.93. The van der Waals surface area contributed by atoms with E-state index in [4.69, 9.17) is 0 Å². The number of nitrogens with zero attached hydrogens (tertiary/aromatic N) is 1. The summed E-state index contributed by atoms with van der Waals surface area (Å²) in [5.41, 5.74) is 6.11. The predicted molar refractivity (Wildman–Crippen MR) is 93.6 cm³/mol. The zero-order chi connectivity index (χ0) is 15.2. The Morgan fingerprint density at radius 3 is 2.45 bits per heavy atom. The van der Waals surface area contributed by atoms with Crippen LogP contribution in [0.4, 0.5) is 0 Å². The third kappa shape index (κ3) is 3.32. The van der Waals surface area contributed by atoms with E-state index in [1.807, 2.05) is 24.4 Å². The third-order valence-electron chi connectivity index (χ3n) is 3.73. The fourth-order valence-electron chi connectivity index (χ4n) is 2.66. The van der Waals surface area contributed by atoms with Crippen LogP contribution >= 0.6 is 0 Å². The van der Waals surface area contributed by atoms with Crippen molar-refractivity contribution in [2.45, 2.75) is 13.3 Å². The number of hydrogen-bond acceptors (Lipinski definition) is 1. The van der Waals surface area contributed by atoms with Gasteiger partial charge in [0.2, 0.25) is 0 Å². The van der Waals surface area contributed by atoms with E-state index in [-0.39, 0.29) is 0 Å². The van der Waals surface area contributed by atoms with E-state index in [9.17, 15) is 0 Å². The molecule has 0 amide bonds. The molecule has 1 nitrogen and oxygen atoms in total. The average molecular weight is 285 g/mol. The number of allylic oxidation sites excluding steroid dienone is 1. The van der Waals surface area contributed by atoms with Crippen LogP contribution in [0.2, 0.25) is 0 Å². The van der Waals surface area contributed by atoms with Crippen LogP contribution in [-0.2, 0) is 6.42 Å². The molecule has 2 aromatic carbocycles. The van der Waals surface area contributed by atoms with E-state index in [2.05, 4.69) is 72.6 Å². The smallest absolute Gasteiger partial charge is 0.0707 e. The van der Waals surface area contributed by atoms with Crippen LogP contribution in [0.25, 0.3) is 17.3 Å². The van der Waals surface area contributed by atoms with E-state index in [0.717, 1.165) is 12.1 Å². The van der Waals surface area contributed by atoms with Crippen molar-refractivity contribution in [2.75, 3.05) is 0 Å². The van der Waals surface area contributed by atoms with Crippen LogP contribution in [-0.4, -0.2) is 4.98 Å². The first-order chi connectivity index (χ1) is 10.8. The van der Waals surface area contributed by atoms with E-state index < -0.39 is 0 Å². The first-order valence-electron chi connectivity index (χ1n) is 7.56. The van der Waals surface area contributed by atoms with Crippen LogP contribution < -0.4 is 0 Å². The largest absolute Gasteiger partial charge is 0.256 e. The second-order valence-corrected chi connectivity index (χ2v) is 5.34. The number of aromatic nitrogens is 1. The molecule has 0 fully saturated rings. The Morgan fingerprint density at radius 2 is 1.68 bits per heavy atom. The van der Waals surface area contributed by atoms with Gasteiger partial charge in [-0.2, -0.15) is 0 Å². The molecule has 1 aromatic heterocycles. The maximum Gasteiger partial charge on any atom is 0.0707 e. The molecule has 0 unspecified atom stereocenters. The standard InChI is InChI=1S/C21H19N/c1-17-9-7-13-19(21(17)20-15-5-6-16-22-20)14-8-12-18-10-3-2-4-11-18/h2-13,15-16H,14H2,1H3/b12-8+. The number of rotatable bonds is 4. The molecule has 3 aromatic rings. The van der Waals surface area contributed by atoms with E-state index in [1.165, 1.54) is 22.3 Å². The normalized spacial score (nSPS) is 11.0. The highest BCUT2D eigenvalue weighted by atomic mass is 14.7. The highest BCUT2D eigenvalue weighted by Gasteiger charge is 2.07. The van der Waals surface area contributed by atoms with Gasteiger partial charge in [0.1, 0.15) is 0 Å². The van der Waals surface area contributed by atoms with Crippen molar-refractivity contribution in [3.63, 3.8) is 0 Å². The molecular formula is C21H19N. The molecule has 0 saturated heterocycles. The van der Waals surface area contributed by atoms with Crippen molar-refractivity contribution < 1.29 is 0 Å². The molecule has 22 heavy (non-hydrogen) atoms. The summed E-state index contributed by atoms with van der Waals surface area (Å²) in [6.45, 7) is 2.15. The van der Waals surface area contributed by atoms with Gasteiger partial charge in [-0.25, -0.2) is 0 Å². The molecule has 0 N–H and O–H groups in total. The highest BCUT2D eigenvalue weighted by Crippen LogP contribution is 2.26. The van der Waals surface area contributed by atoms with Gasteiger partial charge in [0.25, 0.3) is 0 Å². The van der Waals surface area contributed by atoms with Crippen molar-refractivity contribution in [1.29, 1.82) is 0 Å². The Morgan fingerprint density at radius 1 is 0.864 bits per heavy atom. The SMILES string of the molecule is Cc1cccc(C/C=C/c2ccccc2)c1-c1ccccn1. The first-order valence-corrected chi connectivity index (χ1v) is 7.56. The van der Waals surface area contributed by atoms with Gasteiger partial charge >= 0.3 is 0 Å². The number of benzene rings is 2. The van der Waals surface area contributed by atoms with Crippen molar-refractivity contribution in [3.05, 3.63) is 95.7 Å². The first kappa shape index (κ1) is 14.3. The Hall–Kier alpha value is -2.67.